The van der Waals surface area contributed by atoms with Gasteiger partial charge in [0.05, 0.1) is 23.9 Å². The van der Waals surface area contributed by atoms with Crippen LogP contribution in [0.15, 0.2) is 72.8 Å². The SMILES string of the molecule is CCOc1ccc([C@H]2c3c(-c4ccc(C)cc4)n[nH]c3C(=O)N2c2ccc(C(=O)O)cc2)cc1. The van der Waals surface area contributed by atoms with Gasteiger partial charge in [-0.3, -0.25) is 14.8 Å². The Morgan fingerprint density at radius 1 is 1.03 bits per heavy atom. The lowest BCUT2D eigenvalue weighted by atomic mass is 9.95. The molecule has 34 heavy (non-hydrogen) atoms. The first kappa shape index (κ1) is 21.5. The van der Waals surface area contributed by atoms with Crippen LogP contribution >= 0.6 is 0 Å². The molecule has 0 spiro atoms. The normalized spacial score (nSPS) is 14.8. The summed E-state index contributed by atoms with van der Waals surface area (Å²) >= 11 is 0. The van der Waals surface area contributed by atoms with Gasteiger partial charge in [-0.1, -0.05) is 42.0 Å². The zero-order chi connectivity index (χ0) is 23.8. The van der Waals surface area contributed by atoms with E-state index in [9.17, 15) is 14.7 Å². The van der Waals surface area contributed by atoms with Gasteiger partial charge in [0.2, 0.25) is 0 Å². The fourth-order valence-electron chi connectivity index (χ4n) is 4.34. The van der Waals surface area contributed by atoms with E-state index in [1.54, 1.807) is 17.0 Å². The molecule has 0 fully saturated rings. The summed E-state index contributed by atoms with van der Waals surface area (Å²) in [5, 5.41) is 16.7. The molecule has 170 valence electrons. The molecule has 0 saturated carbocycles. The molecule has 0 aliphatic carbocycles. The van der Waals surface area contributed by atoms with Crippen molar-refractivity contribution >= 4 is 17.6 Å². The van der Waals surface area contributed by atoms with Gasteiger partial charge >= 0.3 is 5.97 Å². The Bertz CT molecular complexity index is 1360. The molecule has 7 nitrogen and oxygen atoms in total. The third kappa shape index (κ3) is 3.61. The molecule has 0 bridgehead atoms. The monoisotopic (exact) mass is 453 g/mol. The van der Waals surface area contributed by atoms with Crippen LogP contribution in [0, 0.1) is 6.92 Å². The Balaban J connectivity index is 1.65. The number of hydrogen-bond donors (Lipinski definition) is 2. The largest absolute Gasteiger partial charge is 0.494 e. The molecule has 1 amide bonds. The Labute approximate surface area is 196 Å². The zero-order valence-electron chi connectivity index (χ0n) is 18.8. The summed E-state index contributed by atoms with van der Waals surface area (Å²) in [5.74, 6) is -0.486. The van der Waals surface area contributed by atoms with Crippen molar-refractivity contribution in [1.82, 2.24) is 10.2 Å². The Hall–Kier alpha value is -4.39. The molecule has 1 aliphatic rings. The molecule has 4 aromatic rings. The molecular weight excluding hydrogens is 430 g/mol. The molecule has 2 N–H and O–H groups in total. The van der Waals surface area contributed by atoms with Crippen molar-refractivity contribution in [2.24, 2.45) is 0 Å². The highest BCUT2D eigenvalue weighted by atomic mass is 16.5. The third-order valence-electron chi connectivity index (χ3n) is 5.99. The molecule has 2 heterocycles. The number of nitrogens with zero attached hydrogens (tertiary/aromatic N) is 2. The van der Waals surface area contributed by atoms with Crippen molar-refractivity contribution in [2.75, 3.05) is 11.5 Å². The van der Waals surface area contributed by atoms with Crippen LogP contribution < -0.4 is 9.64 Å². The summed E-state index contributed by atoms with van der Waals surface area (Å²) in [5.41, 5.74) is 5.64. The molecule has 1 aliphatic heterocycles. The second kappa shape index (κ2) is 8.51. The maximum absolute atomic E-state index is 13.6. The lowest BCUT2D eigenvalue weighted by Gasteiger charge is -2.26. The molecule has 7 heteroatoms. The highest BCUT2D eigenvalue weighted by molar-refractivity contribution is 6.11. The number of amides is 1. The minimum absolute atomic E-state index is 0.161. The lowest BCUT2D eigenvalue weighted by molar-refractivity contribution is 0.0696. The number of aromatic nitrogens is 2. The number of ether oxygens (including phenoxy) is 1. The van der Waals surface area contributed by atoms with Gasteiger partial charge in [0.15, 0.2) is 0 Å². The van der Waals surface area contributed by atoms with E-state index in [1.165, 1.54) is 12.1 Å². The van der Waals surface area contributed by atoms with E-state index in [2.05, 4.69) is 10.2 Å². The van der Waals surface area contributed by atoms with E-state index in [4.69, 9.17) is 4.74 Å². The fourth-order valence-corrected chi connectivity index (χ4v) is 4.34. The molecule has 0 unspecified atom stereocenters. The maximum atomic E-state index is 13.6. The summed E-state index contributed by atoms with van der Waals surface area (Å²) in [6, 6.07) is 21.6. The van der Waals surface area contributed by atoms with Crippen LogP contribution in [0.1, 0.15) is 50.5 Å². The summed E-state index contributed by atoms with van der Waals surface area (Å²) in [7, 11) is 0. The molecule has 1 aromatic heterocycles. The van der Waals surface area contributed by atoms with E-state index in [0.717, 1.165) is 28.0 Å². The number of carbonyl (C=O) groups is 2. The van der Waals surface area contributed by atoms with E-state index in [-0.39, 0.29) is 11.5 Å². The van der Waals surface area contributed by atoms with Crippen LogP contribution in [-0.2, 0) is 0 Å². The predicted octanol–water partition coefficient (Wildman–Crippen LogP) is 5.23. The van der Waals surface area contributed by atoms with Crippen molar-refractivity contribution < 1.29 is 19.4 Å². The average molecular weight is 453 g/mol. The Morgan fingerprint density at radius 2 is 1.71 bits per heavy atom. The van der Waals surface area contributed by atoms with Crippen molar-refractivity contribution in [3.05, 3.63) is 101 Å². The fraction of sp³-hybridized carbons (Fsp3) is 0.148. The highest BCUT2D eigenvalue weighted by Crippen LogP contribution is 2.45. The first-order valence-electron chi connectivity index (χ1n) is 11.0. The highest BCUT2D eigenvalue weighted by Gasteiger charge is 2.43. The first-order valence-corrected chi connectivity index (χ1v) is 11.0. The summed E-state index contributed by atoms with van der Waals surface area (Å²) in [4.78, 5) is 26.6. The number of hydrogen-bond acceptors (Lipinski definition) is 4. The van der Waals surface area contributed by atoms with E-state index in [1.807, 2.05) is 62.4 Å². The van der Waals surface area contributed by atoms with Crippen LogP contribution in [0.2, 0.25) is 0 Å². The van der Waals surface area contributed by atoms with Gasteiger partial charge in [0.1, 0.15) is 11.4 Å². The number of carbonyl (C=O) groups excluding carboxylic acids is 1. The summed E-state index contributed by atoms with van der Waals surface area (Å²) in [6.45, 7) is 4.51. The second-order valence-corrected chi connectivity index (χ2v) is 8.16. The number of H-pyrrole nitrogens is 1. The molecule has 0 saturated heterocycles. The Morgan fingerprint density at radius 3 is 2.32 bits per heavy atom. The van der Waals surface area contributed by atoms with Crippen molar-refractivity contribution in [1.29, 1.82) is 0 Å². The van der Waals surface area contributed by atoms with Crippen molar-refractivity contribution in [2.45, 2.75) is 19.9 Å². The number of aryl methyl sites for hydroxylation is 1. The van der Waals surface area contributed by atoms with Gasteiger partial charge in [-0.15, -0.1) is 0 Å². The zero-order valence-corrected chi connectivity index (χ0v) is 18.8. The molecule has 1 atom stereocenters. The number of nitrogens with one attached hydrogen (secondary N) is 1. The van der Waals surface area contributed by atoms with Crippen LogP contribution in [0.5, 0.6) is 5.75 Å². The topological polar surface area (TPSA) is 95.5 Å². The van der Waals surface area contributed by atoms with Gasteiger partial charge in [-0.25, -0.2) is 4.79 Å². The van der Waals surface area contributed by atoms with Crippen molar-refractivity contribution in [3.63, 3.8) is 0 Å². The number of benzene rings is 3. The van der Waals surface area contributed by atoms with E-state index in [0.29, 0.717) is 23.7 Å². The quantitative estimate of drug-likeness (QED) is 0.417. The predicted molar refractivity (Wildman–Crippen MR) is 128 cm³/mol. The molecular formula is C27H23N3O4. The molecule has 3 aromatic carbocycles. The van der Waals surface area contributed by atoms with Crippen LogP contribution in [-0.4, -0.2) is 33.8 Å². The summed E-state index contributed by atoms with van der Waals surface area (Å²) in [6.07, 6.45) is 0. The maximum Gasteiger partial charge on any atom is 0.335 e. The average Bonchev–Trinajstić information content (AvgIpc) is 3.39. The smallest absolute Gasteiger partial charge is 0.335 e. The van der Waals surface area contributed by atoms with Gasteiger partial charge in [-0.2, -0.15) is 5.10 Å². The number of anilines is 1. The number of aromatic amines is 1. The van der Waals surface area contributed by atoms with Crippen LogP contribution in [0.3, 0.4) is 0 Å². The van der Waals surface area contributed by atoms with Crippen molar-refractivity contribution in [3.8, 4) is 17.0 Å². The third-order valence-corrected chi connectivity index (χ3v) is 5.99. The van der Waals surface area contributed by atoms with E-state index < -0.39 is 12.0 Å². The number of rotatable bonds is 6. The number of carboxylic acid groups (broad SMARTS) is 1. The molecule has 5 rings (SSSR count). The number of carboxylic acids is 1. The van der Waals surface area contributed by atoms with Gasteiger partial charge in [-0.05, 0) is 55.8 Å². The minimum atomic E-state index is -1.02. The lowest BCUT2D eigenvalue weighted by Crippen LogP contribution is -2.29. The van der Waals surface area contributed by atoms with Crippen LogP contribution in [0.4, 0.5) is 5.69 Å². The van der Waals surface area contributed by atoms with Crippen LogP contribution in [0.25, 0.3) is 11.3 Å². The molecule has 0 radical (unpaired) electrons. The number of fused-ring (bicyclic) bond motifs is 1. The van der Waals surface area contributed by atoms with Gasteiger partial charge in [0, 0.05) is 16.8 Å². The summed E-state index contributed by atoms with van der Waals surface area (Å²) < 4.78 is 5.60. The Kier molecular flexibility index (Phi) is 5.37. The second-order valence-electron chi connectivity index (χ2n) is 8.16. The van der Waals surface area contributed by atoms with E-state index >= 15 is 0 Å². The first-order chi connectivity index (χ1) is 16.5. The van der Waals surface area contributed by atoms with Gasteiger partial charge in [0.25, 0.3) is 5.91 Å². The number of aromatic carboxylic acids is 1. The standard InChI is InChI=1S/C27H23N3O4/c1-3-34-21-14-10-18(11-15-21)25-22-23(17-6-4-16(2)5-7-17)28-29-24(22)26(31)30(25)20-12-8-19(9-13-20)27(32)33/h4-15,25H,3H2,1-2H3,(H,28,29)(H,32,33)/t25-/m0/s1. The van der Waals surface area contributed by atoms with Gasteiger partial charge < -0.3 is 9.84 Å². The minimum Gasteiger partial charge on any atom is -0.494 e.